The number of rotatable bonds is 47. The lowest BCUT2D eigenvalue weighted by Crippen LogP contribution is -2.30. The summed E-state index contributed by atoms with van der Waals surface area (Å²) < 4.78 is 16.6. The van der Waals surface area contributed by atoms with Crippen LogP contribution in [0, 0.1) is 0 Å². The van der Waals surface area contributed by atoms with E-state index in [1.165, 1.54) is 128 Å². The minimum Gasteiger partial charge on any atom is -0.462 e. The van der Waals surface area contributed by atoms with Crippen LogP contribution in [0.1, 0.15) is 245 Å². The average Bonchev–Trinajstić information content (AvgIpc) is 3.29. The summed E-state index contributed by atoms with van der Waals surface area (Å²) in [5.74, 6) is -1.06. The normalized spacial score (nSPS) is 12.7. The van der Waals surface area contributed by atoms with Crippen molar-refractivity contribution in [1.29, 1.82) is 0 Å². The molecule has 0 saturated heterocycles. The van der Waals surface area contributed by atoms with Crippen LogP contribution in [0.3, 0.4) is 0 Å². The fraction of sp³-hybridized carbons (Fsp3) is 0.707. The van der Waals surface area contributed by atoms with Gasteiger partial charge in [-0.3, -0.25) is 14.4 Å². The molecule has 0 aromatic heterocycles. The second kappa shape index (κ2) is 52.2. The average molecular weight is 891 g/mol. The summed E-state index contributed by atoms with van der Waals surface area (Å²) in [5, 5.41) is 0. The van der Waals surface area contributed by atoms with Gasteiger partial charge < -0.3 is 14.2 Å². The van der Waals surface area contributed by atoms with E-state index in [0.29, 0.717) is 12.8 Å². The van der Waals surface area contributed by atoms with E-state index in [2.05, 4.69) is 93.7 Å². The van der Waals surface area contributed by atoms with Crippen molar-refractivity contribution < 1.29 is 28.6 Å². The summed E-state index contributed by atoms with van der Waals surface area (Å²) in [4.78, 5) is 37.7. The van der Waals surface area contributed by atoms with Crippen molar-refractivity contribution in [1.82, 2.24) is 0 Å². The molecule has 0 fully saturated rings. The smallest absolute Gasteiger partial charge is 0.310 e. The summed E-state index contributed by atoms with van der Waals surface area (Å²) in [5.41, 5.74) is 0. The Bertz CT molecular complexity index is 1250. The van der Waals surface area contributed by atoms with Crippen molar-refractivity contribution in [3.8, 4) is 0 Å². The molecule has 6 heteroatoms. The molecule has 0 N–H and O–H groups in total. The SMILES string of the molecule is CC/C=C\C/C=C\C/C=C\C/C=C\C/C=C\CC(=O)OC(COC(=O)CCCCCCCC)COC(=O)CCCCCCCCCCCCCCC/C=C\C/C=C\CCCCCCC. The van der Waals surface area contributed by atoms with Gasteiger partial charge in [0.15, 0.2) is 6.10 Å². The van der Waals surface area contributed by atoms with Crippen LogP contribution in [0.25, 0.3) is 0 Å². The molecule has 366 valence electrons. The van der Waals surface area contributed by atoms with Gasteiger partial charge in [-0.15, -0.1) is 0 Å². The van der Waals surface area contributed by atoms with Gasteiger partial charge in [0.2, 0.25) is 0 Å². The van der Waals surface area contributed by atoms with Gasteiger partial charge in [-0.2, -0.15) is 0 Å². The van der Waals surface area contributed by atoms with Crippen LogP contribution < -0.4 is 0 Å². The maximum Gasteiger partial charge on any atom is 0.310 e. The van der Waals surface area contributed by atoms with E-state index < -0.39 is 12.1 Å². The maximum atomic E-state index is 12.7. The van der Waals surface area contributed by atoms with Gasteiger partial charge in [0.1, 0.15) is 13.2 Å². The highest BCUT2D eigenvalue weighted by molar-refractivity contribution is 5.72. The molecule has 0 bridgehead atoms. The van der Waals surface area contributed by atoms with Crippen LogP contribution in [0.5, 0.6) is 0 Å². The molecule has 64 heavy (non-hydrogen) atoms. The van der Waals surface area contributed by atoms with Crippen LogP contribution in [0.2, 0.25) is 0 Å². The molecule has 0 rings (SSSR count). The van der Waals surface area contributed by atoms with Crippen molar-refractivity contribution in [3.05, 3.63) is 85.1 Å². The van der Waals surface area contributed by atoms with Gasteiger partial charge >= 0.3 is 17.9 Å². The summed E-state index contributed by atoms with van der Waals surface area (Å²) in [7, 11) is 0. The molecule has 1 atom stereocenters. The number of allylic oxidation sites excluding steroid dienone is 13. The highest BCUT2D eigenvalue weighted by Crippen LogP contribution is 2.15. The van der Waals surface area contributed by atoms with E-state index in [9.17, 15) is 14.4 Å². The van der Waals surface area contributed by atoms with Gasteiger partial charge in [-0.05, 0) is 77.0 Å². The van der Waals surface area contributed by atoms with Gasteiger partial charge in [0.05, 0.1) is 6.42 Å². The van der Waals surface area contributed by atoms with E-state index in [-0.39, 0.29) is 31.6 Å². The van der Waals surface area contributed by atoms with Crippen LogP contribution in [0.4, 0.5) is 0 Å². The van der Waals surface area contributed by atoms with Crippen LogP contribution >= 0.6 is 0 Å². The Morgan fingerprint density at radius 3 is 1.03 bits per heavy atom. The Hall–Kier alpha value is -3.41. The first kappa shape index (κ1) is 60.6. The second-order valence-electron chi connectivity index (χ2n) is 17.4. The zero-order valence-electron chi connectivity index (χ0n) is 41.8. The third kappa shape index (κ3) is 49.6. The lowest BCUT2D eigenvalue weighted by molar-refractivity contribution is -0.166. The third-order valence-electron chi connectivity index (χ3n) is 11.2. The molecule has 6 nitrogen and oxygen atoms in total. The molecule has 0 spiro atoms. The zero-order chi connectivity index (χ0) is 46.5. The first-order valence-corrected chi connectivity index (χ1v) is 26.6. The van der Waals surface area contributed by atoms with Crippen LogP contribution in [-0.2, 0) is 28.6 Å². The number of unbranched alkanes of at least 4 members (excludes halogenated alkanes) is 23. The van der Waals surface area contributed by atoms with Crippen molar-refractivity contribution in [2.45, 2.75) is 252 Å². The lowest BCUT2D eigenvalue weighted by Gasteiger charge is -2.18. The van der Waals surface area contributed by atoms with Crippen molar-refractivity contribution in [3.63, 3.8) is 0 Å². The van der Waals surface area contributed by atoms with Gasteiger partial charge in [0.25, 0.3) is 0 Å². The Labute approximate surface area is 395 Å². The Morgan fingerprint density at radius 1 is 0.344 bits per heavy atom. The quantitative estimate of drug-likeness (QED) is 0.0262. The predicted molar refractivity (Wildman–Crippen MR) is 274 cm³/mol. The van der Waals surface area contributed by atoms with E-state index in [4.69, 9.17) is 14.2 Å². The molecular formula is C58H98O6. The monoisotopic (exact) mass is 891 g/mol. The third-order valence-corrected chi connectivity index (χ3v) is 11.2. The molecule has 0 aromatic rings. The highest BCUT2D eigenvalue weighted by atomic mass is 16.6. The molecule has 1 unspecified atom stereocenters. The Kier molecular flexibility index (Phi) is 49.4. The number of esters is 3. The van der Waals surface area contributed by atoms with Gasteiger partial charge in [-0.25, -0.2) is 0 Å². The van der Waals surface area contributed by atoms with E-state index >= 15 is 0 Å². The summed E-state index contributed by atoms with van der Waals surface area (Å²) in [6, 6.07) is 0. The molecule has 0 aliphatic heterocycles. The van der Waals surface area contributed by atoms with E-state index in [1.54, 1.807) is 6.08 Å². The molecule has 0 radical (unpaired) electrons. The first-order valence-electron chi connectivity index (χ1n) is 26.6. The minimum atomic E-state index is -0.827. The van der Waals surface area contributed by atoms with Gasteiger partial charge in [0, 0.05) is 12.8 Å². The first-order chi connectivity index (χ1) is 31.5. The fourth-order valence-corrected chi connectivity index (χ4v) is 7.19. The molecule has 0 aliphatic carbocycles. The summed E-state index contributed by atoms with van der Waals surface area (Å²) >= 11 is 0. The lowest BCUT2D eigenvalue weighted by atomic mass is 10.0. The minimum absolute atomic E-state index is 0.0972. The number of carbonyl (C=O) groups is 3. The predicted octanol–water partition coefficient (Wildman–Crippen LogP) is 17.6. The topological polar surface area (TPSA) is 78.9 Å². The number of ether oxygens (including phenoxy) is 3. The number of hydrogen-bond donors (Lipinski definition) is 0. The number of hydrogen-bond acceptors (Lipinski definition) is 6. The van der Waals surface area contributed by atoms with Crippen LogP contribution in [0.15, 0.2) is 85.1 Å². The standard InChI is InChI=1S/C58H98O6/c1-4-7-10-13-16-18-20-22-24-25-26-27-28-29-30-31-32-33-35-36-38-40-42-45-48-51-57(60)63-54-55(53-62-56(59)50-47-44-15-12-9-6-3)64-58(61)52-49-46-43-41-39-37-34-23-21-19-17-14-11-8-5-2/h8,11,17,19-20,22-23,25-26,34,39,41,46,49,55H,4-7,9-10,12-16,18,21,24,27-33,35-38,40,42-45,47-48,50-54H2,1-3H3/b11-8-,19-17-,22-20-,26-25-,34-23-,41-39-,49-46-. The van der Waals surface area contributed by atoms with Crippen LogP contribution in [-0.4, -0.2) is 37.2 Å². The summed E-state index contributed by atoms with van der Waals surface area (Å²) in [6.07, 6.45) is 67.8. The molecule has 0 aliphatic rings. The van der Waals surface area contributed by atoms with Gasteiger partial charge in [-0.1, -0.05) is 234 Å². The number of carbonyl (C=O) groups excluding carboxylic acids is 3. The largest absolute Gasteiger partial charge is 0.462 e. The summed E-state index contributed by atoms with van der Waals surface area (Å²) in [6.45, 7) is 6.36. The molecule has 0 saturated carbocycles. The van der Waals surface area contributed by atoms with Crippen molar-refractivity contribution in [2.24, 2.45) is 0 Å². The molecule has 0 amide bonds. The molecular weight excluding hydrogens is 793 g/mol. The van der Waals surface area contributed by atoms with E-state index in [0.717, 1.165) is 77.0 Å². The highest BCUT2D eigenvalue weighted by Gasteiger charge is 2.19. The molecule has 0 aromatic carbocycles. The van der Waals surface area contributed by atoms with E-state index in [1.807, 2.05) is 6.08 Å². The second-order valence-corrected chi connectivity index (χ2v) is 17.4. The zero-order valence-corrected chi connectivity index (χ0v) is 41.8. The Balaban J connectivity index is 4.20. The fourth-order valence-electron chi connectivity index (χ4n) is 7.19. The maximum absolute atomic E-state index is 12.7. The Morgan fingerprint density at radius 2 is 0.656 bits per heavy atom. The van der Waals surface area contributed by atoms with Crippen molar-refractivity contribution >= 4 is 17.9 Å². The van der Waals surface area contributed by atoms with Crippen molar-refractivity contribution in [2.75, 3.05) is 13.2 Å². The molecule has 0 heterocycles.